The lowest BCUT2D eigenvalue weighted by Crippen LogP contribution is -2.35. The molecule has 2 aromatic rings. The van der Waals surface area contributed by atoms with Gasteiger partial charge in [-0.25, -0.2) is 0 Å². The molecule has 2 atom stereocenters. The average molecular weight is 356 g/mol. The van der Waals surface area contributed by atoms with E-state index in [2.05, 4.69) is 5.32 Å². The van der Waals surface area contributed by atoms with E-state index in [9.17, 15) is 14.4 Å². The number of anilines is 1. The predicted octanol–water partition coefficient (Wildman–Crippen LogP) is 2.54. The summed E-state index contributed by atoms with van der Waals surface area (Å²) in [5.41, 5.74) is 0.813. The monoisotopic (exact) mass is 356 g/mol. The second kappa shape index (κ2) is 7.43. The smallest absolute Gasteiger partial charge is 0.306 e. The standard InChI is InChI=1S/C19H20N2O5/c1-21(18(23)16-7-4-10-26-16)15-6-3-2-5-14(15)17(22)20-13-9-8-12(11-13)19(24)25/h2-7,10,12-13H,8-9,11H2,1H3,(H,20,22)(H,24,25)/t12-,13+/m0/s1. The number of carbonyl (C=O) groups is 3. The predicted molar refractivity (Wildman–Crippen MR) is 94.1 cm³/mol. The second-order valence-electron chi connectivity index (χ2n) is 6.38. The molecule has 1 fully saturated rings. The third-order valence-corrected chi connectivity index (χ3v) is 4.66. The zero-order valence-electron chi connectivity index (χ0n) is 14.3. The van der Waals surface area contributed by atoms with Crippen molar-refractivity contribution in [3.05, 3.63) is 54.0 Å². The first-order valence-electron chi connectivity index (χ1n) is 8.41. The number of benzene rings is 1. The van der Waals surface area contributed by atoms with Crippen LogP contribution in [0.5, 0.6) is 0 Å². The minimum atomic E-state index is -0.828. The van der Waals surface area contributed by atoms with Gasteiger partial charge in [0.05, 0.1) is 23.4 Å². The first-order chi connectivity index (χ1) is 12.5. The van der Waals surface area contributed by atoms with Gasteiger partial charge in [-0.05, 0) is 43.5 Å². The molecular formula is C19H20N2O5. The van der Waals surface area contributed by atoms with Crippen molar-refractivity contribution in [1.29, 1.82) is 0 Å². The van der Waals surface area contributed by atoms with E-state index < -0.39 is 11.9 Å². The number of aliphatic carboxylic acids is 1. The van der Waals surface area contributed by atoms with E-state index in [4.69, 9.17) is 9.52 Å². The van der Waals surface area contributed by atoms with Crippen molar-refractivity contribution in [2.45, 2.75) is 25.3 Å². The summed E-state index contributed by atoms with van der Waals surface area (Å²) in [6, 6.07) is 9.80. The van der Waals surface area contributed by atoms with Gasteiger partial charge in [-0.2, -0.15) is 0 Å². The Morgan fingerprint density at radius 3 is 2.58 bits per heavy atom. The number of furan rings is 1. The lowest BCUT2D eigenvalue weighted by atomic mass is 10.1. The van der Waals surface area contributed by atoms with Gasteiger partial charge in [0.15, 0.2) is 5.76 Å². The first kappa shape index (κ1) is 17.7. The minimum Gasteiger partial charge on any atom is -0.481 e. The van der Waals surface area contributed by atoms with Crippen LogP contribution in [0.2, 0.25) is 0 Å². The van der Waals surface area contributed by atoms with Crippen molar-refractivity contribution < 1.29 is 23.9 Å². The molecule has 1 saturated carbocycles. The van der Waals surface area contributed by atoms with Gasteiger partial charge in [-0.15, -0.1) is 0 Å². The van der Waals surface area contributed by atoms with E-state index in [1.807, 2.05) is 0 Å². The van der Waals surface area contributed by atoms with Crippen molar-refractivity contribution in [2.24, 2.45) is 5.92 Å². The van der Waals surface area contributed by atoms with Gasteiger partial charge in [0.25, 0.3) is 11.8 Å². The Balaban J connectivity index is 1.75. The fraction of sp³-hybridized carbons (Fsp3) is 0.316. The maximum absolute atomic E-state index is 12.7. The fourth-order valence-corrected chi connectivity index (χ4v) is 3.23. The van der Waals surface area contributed by atoms with Gasteiger partial charge >= 0.3 is 5.97 Å². The van der Waals surface area contributed by atoms with Crippen molar-refractivity contribution in [2.75, 3.05) is 11.9 Å². The maximum Gasteiger partial charge on any atom is 0.306 e. The third-order valence-electron chi connectivity index (χ3n) is 4.66. The van der Waals surface area contributed by atoms with Crippen LogP contribution in [-0.4, -0.2) is 36.0 Å². The van der Waals surface area contributed by atoms with Crippen LogP contribution in [0.4, 0.5) is 5.69 Å². The van der Waals surface area contributed by atoms with E-state index in [0.29, 0.717) is 30.5 Å². The lowest BCUT2D eigenvalue weighted by molar-refractivity contribution is -0.141. The van der Waals surface area contributed by atoms with Crippen molar-refractivity contribution >= 4 is 23.5 Å². The number of nitrogens with zero attached hydrogens (tertiary/aromatic N) is 1. The Morgan fingerprint density at radius 1 is 1.15 bits per heavy atom. The van der Waals surface area contributed by atoms with Crippen molar-refractivity contribution in [1.82, 2.24) is 5.32 Å². The van der Waals surface area contributed by atoms with Crippen LogP contribution in [0.1, 0.15) is 40.2 Å². The van der Waals surface area contributed by atoms with Gasteiger partial charge < -0.3 is 19.7 Å². The van der Waals surface area contributed by atoms with Gasteiger partial charge in [-0.1, -0.05) is 12.1 Å². The molecule has 7 nitrogen and oxygen atoms in total. The van der Waals surface area contributed by atoms with Crippen LogP contribution in [0.3, 0.4) is 0 Å². The van der Waals surface area contributed by atoms with Crippen LogP contribution >= 0.6 is 0 Å². The Hall–Kier alpha value is -3.09. The third kappa shape index (κ3) is 3.61. The molecule has 1 aromatic heterocycles. The van der Waals surface area contributed by atoms with Crippen LogP contribution in [0.25, 0.3) is 0 Å². The highest BCUT2D eigenvalue weighted by Gasteiger charge is 2.31. The van der Waals surface area contributed by atoms with Gasteiger partial charge in [0.2, 0.25) is 0 Å². The Labute approximate surface area is 150 Å². The number of hydrogen-bond donors (Lipinski definition) is 2. The lowest BCUT2D eigenvalue weighted by Gasteiger charge is -2.20. The number of carboxylic acid groups (broad SMARTS) is 1. The zero-order chi connectivity index (χ0) is 18.7. The van der Waals surface area contributed by atoms with Crippen LogP contribution < -0.4 is 10.2 Å². The number of carbonyl (C=O) groups excluding carboxylic acids is 2. The summed E-state index contributed by atoms with van der Waals surface area (Å²) in [5, 5.41) is 12.0. The minimum absolute atomic E-state index is 0.178. The molecule has 2 amide bonds. The molecule has 1 aliphatic rings. The van der Waals surface area contributed by atoms with Crippen molar-refractivity contribution in [3.8, 4) is 0 Å². The number of amides is 2. The largest absolute Gasteiger partial charge is 0.481 e. The van der Waals surface area contributed by atoms with Crippen LogP contribution in [0, 0.1) is 5.92 Å². The molecule has 1 aliphatic carbocycles. The first-order valence-corrected chi connectivity index (χ1v) is 8.41. The van der Waals surface area contributed by atoms with E-state index in [0.717, 1.165) is 0 Å². The normalized spacial score (nSPS) is 19.1. The molecule has 3 rings (SSSR count). The Kier molecular flexibility index (Phi) is 5.06. The van der Waals surface area contributed by atoms with E-state index in [1.165, 1.54) is 11.2 Å². The molecular weight excluding hydrogens is 336 g/mol. The molecule has 0 saturated heterocycles. The molecule has 136 valence electrons. The molecule has 1 aromatic carbocycles. The van der Waals surface area contributed by atoms with E-state index >= 15 is 0 Å². The molecule has 26 heavy (non-hydrogen) atoms. The van der Waals surface area contributed by atoms with Gasteiger partial charge in [0.1, 0.15) is 0 Å². The Bertz CT molecular complexity index is 815. The number of nitrogens with one attached hydrogen (secondary N) is 1. The highest BCUT2D eigenvalue weighted by atomic mass is 16.4. The zero-order valence-corrected chi connectivity index (χ0v) is 14.3. The van der Waals surface area contributed by atoms with Gasteiger partial charge in [-0.3, -0.25) is 14.4 Å². The molecule has 0 spiro atoms. The van der Waals surface area contributed by atoms with E-state index in [1.54, 1.807) is 43.4 Å². The number of rotatable bonds is 5. The van der Waals surface area contributed by atoms with Crippen molar-refractivity contribution in [3.63, 3.8) is 0 Å². The summed E-state index contributed by atoms with van der Waals surface area (Å²) in [6.45, 7) is 0. The summed E-state index contributed by atoms with van der Waals surface area (Å²) in [7, 11) is 1.58. The summed E-state index contributed by atoms with van der Waals surface area (Å²) >= 11 is 0. The Morgan fingerprint density at radius 2 is 1.92 bits per heavy atom. The summed E-state index contributed by atoms with van der Waals surface area (Å²) in [5.74, 6) is -1.75. The fourth-order valence-electron chi connectivity index (χ4n) is 3.23. The molecule has 0 unspecified atom stereocenters. The SMILES string of the molecule is CN(C(=O)c1ccco1)c1ccccc1C(=O)N[C@@H]1CC[C@H](C(=O)O)C1. The summed E-state index contributed by atoms with van der Waals surface area (Å²) < 4.78 is 5.13. The van der Waals surface area contributed by atoms with Gasteiger partial charge in [0, 0.05) is 13.1 Å². The molecule has 0 bridgehead atoms. The molecule has 7 heteroatoms. The number of para-hydroxylation sites is 1. The highest BCUT2D eigenvalue weighted by Crippen LogP contribution is 2.27. The molecule has 0 radical (unpaired) electrons. The number of hydrogen-bond acceptors (Lipinski definition) is 4. The molecule has 2 N–H and O–H groups in total. The second-order valence-corrected chi connectivity index (χ2v) is 6.38. The number of carboxylic acids is 1. The molecule has 0 aliphatic heterocycles. The summed E-state index contributed by atoms with van der Waals surface area (Å²) in [6.07, 6.45) is 3.02. The highest BCUT2D eigenvalue weighted by molar-refractivity contribution is 6.09. The summed E-state index contributed by atoms with van der Waals surface area (Å²) in [4.78, 5) is 37.6. The molecule has 1 heterocycles. The van der Waals surface area contributed by atoms with Crippen LogP contribution in [0.15, 0.2) is 47.1 Å². The average Bonchev–Trinajstić information content (AvgIpc) is 3.32. The van der Waals surface area contributed by atoms with E-state index in [-0.39, 0.29) is 23.6 Å². The quantitative estimate of drug-likeness (QED) is 0.857. The van der Waals surface area contributed by atoms with Crippen LogP contribution in [-0.2, 0) is 4.79 Å². The maximum atomic E-state index is 12.7. The topological polar surface area (TPSA) is 99.9 Å².